The van der Waals surface area contributed by atoms with Gasteiger partial charge in [0.25, 0.3) is 11.8 Å². The highest BCUT2D eigenvalue weighted by atomic mass is 19.1. The molecule has 0 aliphatic heterocycles. The second-order valence-electron chi connectivity index (χ2n) is 9.84. The van der Waals surface area contributed by atoms with E-state index in [1.54, 1.807) is 25.2 Å². The molecule has 8 heteroatoms. The maximum absolute atomic E-state index is 13.6. The van der Waals surface area contributed by atoms with Crippen LogP contribution in [0.25, 0.3) is 33.6 Å². The zero-order valence-electron chi connectivity index (χ0n) is 21.7. The van der Waals surface area contributed by atoms with Crippen LogP contribution in [0.3, 0.4) is 0 Å². The Hall–Kier alpha value is -4.20. The van der Waals surface area contributed by atoms with E-state index in [1.165, 1.54) is 12.1 Å². The Morgan fingerprint density at radius 1 is 1.00 bits per heavy atom. The van der Waals surface area contributed by atoms with Gasteiger partial charge in [-0.3, -0.25) is 9.59 Å². The smallest absolute Gasteiger partial charge is 0.255 e. The van der Waals surface area contributed by atoms with Gasteiger partial charge in [0.1, 0.15) is 17.4 Å². The second-order valence-corrected chi connectivity index (χ2v) is 9.84. The highest BCUT2D eigenvalue weighted by Crippen LogP contribution is 2.38. The molecule has 37 heavy (non-hydrogen) atoms. The number of furan rings is 1. The minimum absolute atomic E-state index is 0.181. The highest BCUT2D eigenvalue weighted by molar-refractivity contribution is 6.11. The van der Waals surface area contributed by atoms with Crippen molar-refractivity contribution < 1.29 is 18.4 Å². The Kier molecular flexibility index (Phi) is 7.29. The van der Waals surface area contributed by atoms with Crippen LogP contribution < -0.4 is 16.0 Å². The van der Waals surface area contributed by atoms with Gasteiger partial charge in [-0.15, -0.1) is 0 Å². The molecular weight excluding hydrogens is 471 g/mol. The Balaban J connectivity index is 1.92. The molecule has 2 aromatic carbocycles. The van der Waals surface area contributed by atoms with Gasteiger partial charge < -0.3 is 20.4 Å². The SMILES string of the molecule is CCCNc1nc2oc(-c3ccc(F)cc3)c(C(=O)NC)c2cc1-c1cccc(C(=O)NC(C)(C)C)c1. The van der Waals surface area contributed by atoms with Gasteiger partial charge in [0.05, 0.1) is 10.9 Å². The molecule has 0 saturated heterocycles. The molecule has 0 saturated carbocycles. The van der Waals surface area contributed by atoms with Gasteiger partial charge in [-0.2, -0.15) is 4.98 Å². The van der Waals surface area contributed by atoms with E-state index in [9.17, 15) is 14.0 Å². The monoisotopic (exact) mass is 502 g/mol. The fraction of sp³-hybridized carbons (Fsp3) is 0.276. The number of halogens is 1. The van der Waals surface area contributed by atoms with Gasteiger partial charge in [0.2, 0.25) is 5.71 Å². The fourth-order valence-electron chi connectivity index (χ4n) is 4.02. The molecule has 4 aromatic rings. The summed E-state index contributed by atoms with van der Waals surface area (Å²) in [4.78, 5) is 30.6. The number of hydrogen-bond donors (Lipinski definition) is 3. The molecule has 3 N–H and O–H groups in total. The highest BCUT2D eigenvalue weighted by Gasteiger charge is 2.25. The third-order valence-electron chi connectivity index (χ3n) is 5.71. The van der Waals surface area contributed by atoms with Crippen molar-refractivity contribution in [2.75, 3.05) is 18.9 Å². The summed E-state index contributed by atoms with van der Waals surface area (Å²) < 4.78 is 19.6. The summed E-state index contributed by atoms with van der Waals surface area (Å²) in [6, 6.07) is 14.9. The van der Waals surface area contributed by atoms with Crippen LogP contribution in [0.15, 0.2) is 59.0 Å². The maximum Gasteiger partial charge on any atom is 0.255 e. The third-order valence-corrected chi connectivity index (χ3v) is 5.71. The molecule has 2 amide bonds. The van der Waals surface area contributed by atoms with Crippen molar-refractivity contribution in [3.05, 3.63) is 71.5 Å². The van der Waals surface area contributed by atoms with Crippen molar-refractivity contribution in [1.29, 1.82) is 0 Å². The number of rotatable bonds is 7. The lowest BCUT2D eigenvalue weighted by Crippen LogP contribution is -2.40. The number of carbonyl (C=O) groups is 2. The van der Waals surface area contributed by atoms with E-state index < -0.39 is 0 Å². The number of amides is 2. The summed E-state index contributed by atoms with van der Waals surface area (Å²) in [5.41, 5.74) is 2.77. The van der Waals surface area contributed by atoms with Crippen molar-refractivity contribution in [3.63, 3.8) is 0 Å². The van der Waals surface area contributed by atoms with Gasteiger partial charge in [-0.05, 0) is 75.2 Å². The van der Waals surface area contributed by atoms with Gasteiger partial charge in [-0.25, -0.2) is 4.39 Å². The molecule has 7 nitrogen and oxygen atoms in total. The summed E-state index contributed by atoms with van der Waals surface area (Å²) in [5.74, 6) is -0.0367. The number of pyridine rings is 1. The lowest BCUT2D eigenvalue weighted by atomic mass is 9.99. The second kappa shape index (κ2) is 10.4. The summed E-state index contributed by atoms with van der Waals surface area (Å²) >= 11 is 0. The molecular formula is C29H31FN4O3. The average Bonchev–Trinajstić information content (AvgIpc) is 3.24. The van der Waals surface area contributed by atoms with Gasteiger partial charge in [0, 0.05) is 35.8 Å². The van der Waals surface area contributed by atoms with Crippen LogP contribution in [-0.4, -0.2) is 35.9 Å². The fourth-order valence-corrected chi connectivity index (χ4v) is 4.02. The van der Waals surface area contributed by atoms with Crippen molar-refractivity contribution in [2.24, 2.45) is 0 Å². The minimum atomic E-state index is -0.386. The van der Waals surface area contributed by atoms with Gasteiger partial charge in [0.15, 0.2) is 0 Å². The first-order valence-electron chi connectivity index (χ1n) is 12.2. The largest absolute Gasteiger partial charge is 0.437 e. The number of nitrogens with one attached hydrogen (secondary N) is 3. The molecule has 0 aliphatic carbocycles. The Bertz CT molecular complexity index is 1450. The van der Waals surface area contributed by atoms with E-state index >= 15 is 0 Å². The zero-order valence-corrected chi connectivity index (χ0v) is 21.7. The number of carbonyl (C=O) groups excluding carboxylic acids is 2. The van der Waals surface area contributed by atoms with Crippen LogP contribution in [0.5, 0.6) is 0 Å². The van der Waals surface area contributed by atoms with Crippen molar-refractivity contribution in [3.8, 4) is 22.5 Å². The summed E-state index contributed by atoms with van der Waals surface area (Å²) in [6.45, 7) is 8.50. The number of fused-ring (bicyclic) bond motifs is 1. The lowest BCUT2D eigenvalue weighted by Gasteiger charge is -2.20. The molecule has 0 fully saturated rings. The molecule has 0 spiro atoms. The molecule has 0 radical (unpaired) electrons. The lowest BCUT2D eigenvalue weighted by molar-refractivity contribution is 0.0918. The van der Waals surface area contributed by atoms with E-state index in [0.29, 0.717) is 40.2 Å². The average molecular weight is 503 g/mol. The number of aromatic nitrogens is 1. The standard InChI is InChI=1S/C29H31FN4O3/c1-6-14-32-25-21(18-8-7-9-19(15-18)26(35)34-29(2,3)4)16-22-23(27(36)31-5)24(37-28(22)33-25)17-10-12-20(30)13-11-17/h7-13,15-16H,6,14H2,1-5H3,(H,31,36)(H,32,33)(H,34,35). The van der Waals surface area contributed by atoms with Crippen LogP contribution in [-0.2, 0) is 0 Å². The van der Waals surface area contributed by atoms with Gasteiger partial charge in [-0.1, -0.05) is 19.1 Å². The number of benzene rings is 2. The van der Waals surface area contributed by atoms with Crippen LogP contribution in [0.2, 0.25) is 0 Å². The van der Waals surface area contributed by atoms with E-state index in [2.05, 4.69) is 16.0 Å². The molecule has 0 aliphatic rings. The van der Waals surface area contributed by atoms with E-state index in [1.807, 2.05) is 52.0 Å². The van der Waals surface area contributed by atoms with Crippen LogP contribution >= 0.6 is 0 Å². The first-order valence-corrected chi connectivity index (χ1v) is 12.2. The summed E-state index contributed by atoms with van der Waals surface area (Å²) in [6.07, 6.45) is 0.871. The number of hydrogen-bond acceptors (Lipinski definition) is 5. The van der Waals surface area contributed by atoms with Crippen LogP contribution in [0, 0.1) is 5.82 Å². The topological polar surface area (TPSA) is 96.3 Å². The Morgan fingerprint density at radius 2 is 1.73 bits per heavy atom. The molecule has 192 valence electrons. The molecule has 4 rings (SSSR count). The van der Waals surface area contributed by atoms with E-state index in [4.69, 9.17) is 9.40 Å². The molecule has 0 atom stereocenters. The van der Waals surface area contributed by atoms with Crippen molar-refractivity contribution >= 4 is 28.7 Å². The maximum atomic E-state index is 13.6. The Morgan fingerprint density at radius 3 is 2.38 bits per heavy atom. The molecule has 2 heterocycles. The predicted octanol–water partition coefficient (Wildman–Crippen LogP) is 6.01. The Labute approximate surface area is 215 Å². The third kappa shape index (κ3) is 5.63. The predicted molar refractivity (Wildman–Crippen MR) is 144 cm³/mol. The number of nitrogens with zero attached hydrogens (tertiary/aromatic N) is 1. The van der Waals surface area contributed by atoms with Gasteiger partial charge >= 0.3 is 0 Å². The molecule has 2 aromatic heterocycles. The molecule has 0 bridgehead atoms. The first kappa shape index (κ1) is 25.9. The van der Waals surface area contributed by atoms with Crippen molar-refractivity contribution in [1.82, 2.24) is 15.6 Å². The zero-order chi connectivity index (χ0) is 26.7. The van der Waals surface area contributed by atoms with Crippen LogP contribution in [0.1, 0.15) is 54.8 Å². The summed E-state index contributed by atoms with van der Waals surface area (Å²) in [7, 11) is 1.54. The molecule has 0 unspecified atom stereocenters. The van der Waals surface area contributed by atoms with Crippen molar-refractivity contribution in [2.45, 2.75) is 39.7 Å². The summed E-state index contributed by atoms with van der Waals surface area (Å²) in [5, 5.41) is 9.50. The first-order chi connectivity index (χ1) is 17.6. The minimum Gasteiger partial charge on any atom is -0.437 e. The van der Waals surface area contributed by atoms with E-state index in [-0.39, 0.29) is 28.9 Å². The number of anilines is 1. The van der Waals surface area contributed by atoms with E-state index in [0.717, 1.165) is 17.5 Å². The normalized spacial score (nSPS) is 11.4. The quantitative estimate of drug-likeness (QED) is 0.288. The van der Waals surface area contributed by atoms with Crippen LogP contribution in [0.4, 0.5) is 10.2 Å².